The van der Waals surface area contributed by atoms with Gasteiger partial charge < -0.3 is 9.47 Å². The fourth-order valence-corrected chi connectivity index (χ4v) is 3.87. The minimum Gasteiger partial charge on any atom is -0.462 e. The molecule has 3 nitrogen and oxygen atoms in total. The lowest BCUT2D eigenvalue weighted by atomic mass is 9.87. The summed E-state index contributed by atoms with van der Waals surface area (Å²) in [6.45, 7) is 2.12. The topological polar surface area (TPSA) is 38.8 Å². The van der Waals surface area contributed by atoms with Gasteiger partial charge in [-0.3, -0.25) is 4.79 Å². The number of allylic oxidation sites excluding steroid dienone is 5. The van der Waals surface area contributed by atoms with Crippen LogP contribution in [0.2, 0.25) is 0 Å². The molecule has 0 spiro atoms. The van der Waals surface area contributed by atoms with E-state index >= 15 is 0 Å². The van der Waals surface area contributed by atoms with Crippen LogP contribution in [0.4, 0.5) is 0 Å². The lowest BCUT2D eigenvalue weighted by Crippen LogP contribution is -2.31. The first kappa shape index (κ1) is 16.5. The van der Waals surface area contributed by atoms with Gasteiger partial charge in [-0.1, -0.05) is 43.4 Å². The third-order valence-electron chi connectivity index (χ3n) is 5.15. The van der Waals surface area contributed by atoms with Crippen molar-refractivity contribution in [1.82, 2.24) is 0 Å². The number of carbonyl (C=O) groups is 1. The van der Waals surface area contributed by atoms with Crippen LogP contribution in [0.25, 0.3) is 0 Å². The number of esters is 1. The number of hydrogen-bond donors (Lipinski definition) is 0. The van der Waals surface area contributed by atoms with E-state index < -0.39 is 0 Å². The highest BCUT2D eigenvalue weighted by Gasteiger charge is 2.56. The Morgan fingerprint density at radius 2 is 1.91 bits per heavy atom. The van der Waals surface area contributed by atoms with Crippen LogP contribution in [0, 0.1) is 11.8 Å². The van der Waals surface area contributed by atoms with Gasteiger partial charge in [-0.05, 0) is 38.5 Å². The largest absolute Gasteiger partial charge is 0.462 e. The second kappa shape index (κ2) is 7.96. The summed E-state index contributed by atoms with van der Waals surface area (Å²) in [4.78, 5) is 12.1. The maximum absolute atomic E-state index is 12.1. The van der Waals surface area contributed by atoms with E-state index in [0.29, 0.717) is 30.5 Å². The molecule has 0 aromatic rings. The highest BCUT2D eigenvalue weighted by atomic mass is 16.6. The Morgan fingerprint density at radius 3 is 2.74 bits per heavy atom. The molecule has 1 saturated carbocycles. The molecule has 2 heterocycles. The van der Waals surface area contributed by atoms with Gasteiger partial charge in [0.25, 0.3) is 0 Å². The third kappa shape index (κ3) is 4.35. The Hall–Kier alpha value is -1.35. The van der Waals surface area contributed by atoms with Crippen LogP contribution < -0.4 is 0 Å². The van der Waals surface area contributed by atoms with Gasteiger partial charge in [-0.2, -0.15) is 0 Å². The standard InChI is InChI=1S/C20H28O3/c1-2-17-16-14-18-20(23-18)15(16)12-10-8-6-4-3-5-7-9-11-13-19(21)22-17/h4-7,10,12,15-18,20H,2-3,8-9,11,13-14H2,1H3/b6-4-,7-5-,12-10-/t15-,16+,17-,18-,20+/m0/s1. The van der Waals surface area contributed by atoms with Crippen LogP contribution in [-0.4, -0.2) is 24.3 Å². The minimum absolute atomic E-state index is 0.0348. The van der Waals surface area contributed by atoms with Crippen molar-refractivity contribution >= 4 is 5.97 Å². The number of cyclic esters (lactones) is 1. The maximum atomic E-state index is 12.1. The van der Waals surface area contributed by atoms with Crippen molar-refractivity contribution in [2.45, 2.75) is 70.2 Å². The highest BCUT2D eigenvalue weighted by molar-refractivity contribution is 5.69. The molecule has 0 N–H and O–H groups in total. The third-order valence-corrected chi connectivity index (χ3v) is 5.15. The molecule has 0 aromatic carbocycles. The molecular weight excluding hydrogens is 288 g/mol. The molecule has 1 aliphatic carbocycles. The van der Waals surface area contributed by atoms with Crippen molar-refractivity contribution in [1.29, 1.82) is 0 Å². The number of ether oxygens (including phenoxy) is 2. The summed E-state index contributed by atoms with van der Waals surface area (Å²) in [5, 5.41) is 0. The normalized spacial score (nSPS) is 42.1. The summed E-state index contributed by atoms with van der Waals surface area (Å²) in [5.74, 6) is 0.779. The van der Waals surface area contributed by atoms with E-state index in [4.69, 9.17) is 9.47 Å². The van der Waals surface area contributed by atoms with Crippen molar-refractivity contribution in [3.05, 3.63) is 36.5 Å². The van der Waals surface area contributed by atoms with Gasteiger partial charge in [-0.25, -0.2) is 0 Å². The van der Waals surface area contributed by atoms with Gasteiger partial charge in [0.15, 0.2) is 0 Å². The van der Waals surface area contributed by atoms with E-state index in [2.05, 4.69) is 43.4 Å². The molecule has 1 saturated heterocycles. The first-order valence-corrected chi connectivity index (χ1v) is 9.11. The molecule has 5 atom stereocenters. The van der Waals surface area contributed by atoms with Gasteiger partial charge in [0, 0.05) is 18.3 Å². The van der Waals surface area contributed by atoms with Crippen molar-refractivity contribution in [3.8, 4) is 0 Å². The zero-order valence-corrected chi connectivity index (χ0v) is 14.0. The molecule has 0 radical (unpaired) electrons. The first-order valence-electron chi connectivity index (χ1n) is 9.11. The van der Waals surface area contributed by atoms with Crippen LogP contribution in [0.5, 0.6) is 0 Å². The smallest absolute Gasteiger partial charge is 0.306 e. The van der Waals surface area contributed by atoms with Gasteiger partial charge in [0.1, 0.15) is 6.10 Å². The SMILES string of the molecule is CC[C@@H]1OC(=O)CCC/C=C\C/C=C\C/C=C\[C@H]2[C@H]1C[C@@H]1O[C@H]21. The Kier molecular flexibility index (Phi) is 5.71. The second-order valence-corrected chi connectivity index (χ2v) is 6.79. The van der Waals surface area contributed by atoms with Crippen LogP contribution >= 0.6 is 0 Å². The molecule has 126 valence electrons. The molecule has 3 heteroatoms. The Bertz CT molecular complexity index is 491. The summed E-state index contributed by atoms with van der Waals surface area (Å²) in [6, 6.07) is 0. The predicted molar refractivity (Wildman–Crippen MR) is 90.9 cm³/mol. The number of fused-ring (bicyclic) bond motifs is 3. The Morgan fingerprint density at radius 1 is 1.13 bits per heavy atom. The van der Waals surface area contributed by atoms with Crippen molar-refractivity contribution < 1.29 is 14.3 Å². The molecule has 3 rings (SSSR count). The average molecular weight is 316 g/mol. The fraction of sp³-hybridized carbons (Fsp3) is 0.650. The molecule has 0 aromatic heterocycles. The Labute approximate surface area is 139 Å². The second-order valence-electron chi connectivity index (χ2n) is 6.79. The molecule has 0 bridgehead atoms. The predicted octanol–water partition coefficient (Wildman–Crippen LogP) is 4.34. The van der Waals surface area contributed by atoms with E-state index in [-0.39, 0.29) is 12.1 Å². The first-order chi connectivity index (χ1) is 11.3. The van der Waals surface area contributed by atoms with Crippen LogP contribution in [0.3, 0.4) is 0 Å². The Balaban J connectivity index is 1.69. The number of hydrogen-bond acceptors (Lipinski definition) is 3. The van der Waals surface area contributed by atoms with Crippen LogP contribution in [0.15, 0.2) is 36.5 Å². The monoisotopic (exact) mass is 316 g/mol. The molecule has 2 aliphatic heterocycles. The van der Waals surface area contributed by atoms with Crippen LogP contribution in [-0.2, 0) is 14.3 Å². The highest BCUT2D eigenvalue weighted by Crippen LogP contribution is 2.49. The summed E-state index contributed by atoms with van der Waals surface area (Å²) in [6.07, 6.45) is 20.3. The van der Waals surface area contributed by atoms with Crippen molar-refractivity contribution in [3.63, 3.8) is 0 Å². The molecular formula is C20H28O3. The molecule has 0 amide bonds. The van der Waals surface area contributed by atoms with Gasteiger partial charge in [-0.15, -0.1) is 0 Å². The summed E-state index contributed by atoms with van der Waals surface area (Å²) in [5.41, 5.74) is 0. The van der Waals surface area contributed by atoms with Crippen LogP contribution in [0.1, 0.15) is 51.9 Å². The quantitative estimate of drug-likeness (QED) is 0.410. The zero-order valence-electron chi connectivity index (χ0n) is 14.0. The molecule has 3 aliphatic rings. The van der Waals surface area contributed by atoms with Crippen molar-refractivity contribution in [2.75, 3.05) is 0 Å². The van der Waals surface area contributed by atoms with Gasteiger partial charge in [0.2, 0.25) is 0 Å². The average Bonchev–Trinajstić information content (AvgIpc) is 3.23. The van der Waals surface area contributed by atoms with E-state index in [1.54, 1.807) is 0 Å². The summed E-state index contributed by atoms with van der Waals surface area (Å²) in [7, 11) is 0. The molecule has 0 unspecified atom stereocenters. The van der Waals surface area contributed by atoms with E-state index in [0.717, 1.165) is 38.5 Å². The van der Waals surface area contributed by atoms with Crippen molar-refractivity contribution in [2.24, 2.45) is 11.8 Å². The van der Waals surface area contributed by atoms with Gasteiger partial charge in [0.05, 0.1) is 12.2 Å². The lowest BCUT2D eigenvalue weighted by molar-refractivity contribution is -0.153. The van der Waals surface area contributed by atoms with E-state index in [1.165, 1.54) is 0 Å². The van der Waals surface area contributed by atoms with E-state index in [9.17, 15) is 4.79 Å². The summed E-state index contributed by atoms with van der Waals surface area (Å²) < 4.78 is 11.5. The van der Waals surface area contributed by atoms with Gasteiger partial charge >= 0.3 is 5.97 Å². The molecule has 23 heavy (non-hydrogen) atoms. The lowest BCUT2D eigenvalue weighted by Gasteiger charge is -2.28. The van der Waals surface area contributed by atoms with E-state index in [1.807, 2.05) is 0 Å². The number of rotatable bonds is 1. The summed E-state index contributed by atoms with van der Waals surface area (Å²) >= 11 is 0. The maximum Gasteiger partial charge on any atom is 0.306 e. The minimum atomic E-state index is -0.0403. The number of carbonyl (C=O) groups excluding carboxylic acids is 1. The fourth-order valence-electron chi connectivity index (χ4n) is 3.87. The number of epoxide rings is 1. The zero-order chi connectivity index (χ0) is 16.1. The molecule has 2 fully saturated rings.